The number of hydrogen-bond acceptors (Lipinski definition) is 10. The van der Waals surface area contributed by atoms with Crippen LogP contribution in [0.4, 0.5) is 0 Å². The van der Waals surface area contributed by atoms with Gasteiger partial charge in [-0.05, 0) is 12.8 Å². The second-order valence-corrected chi connectivity index (χ2v) is 19.9. The molecule has 68 heavy (non-hydrogen) atoms. The fourth-order valence-electron chi connectivity index (χ4n) is 9.31. The molecule has 1 fully saturated rings. The Morgan fingerprint density at radius 1 is 0.441 bits per heavy atom. The Morgan fingerprint density at radius 3 is 1.01 bits per heavy atom. The van der Waals surface area contributed by atoms with E-state index in [0.29, 0.717) is 71.9 Å². The molecule has 14 heteroatoms. The standard InChI is InChI=1S/C54H104N6O8/c1-3-5-7-9-11-13-15-17-19-21-23-25-27-29-31-33-35-60(36-34-32-30-28-26-24-22-20-18-16-14-12-10-8-6-4-2)52(63)45-55-51(62)46-56-37-38-57(47-53(64)65)39-40-58(48-54(66)67)42-44-59(43-41-56)49-68-50-61/h50H,3-49H2,1-2H3,(H,55,62)(H,64,65)(H,66,67). The average Bonchev–Trinajstić information content (AvgIpc) is 3.31. The topological polar surface area (TPSA) is 163 Å². The first-order valence-electron chi connectivity index (χ1n) is 28.1. The zero-order valence-corrected chi connectivity index (χ0v) is 43.9. The van der Waals surface area contributed by atoms with Crippen LogP contribution in [-0.4, -0.2) is 163 Å². The van der Waals surface area contributed by atoms with Crippen molar-refractivity contribution in [1.29, 1.82) is 0 Å². The van der Waals surface area contributed by atoms with Crippen LogP contribution in [0.1, 0.15) is 219 Å². The smallest absolute Gasteiger partial charge is 0.317 e. The van der Waals surface area contributed by atoms with E-state index in [4.69, 9.17) is 4.74 Å². The highest BCUT2D eigenvalue weighted by Crippen LogP contribution is 2.16. The van der Waals surface area contributed by atoms with Crippen molar-refractivity contribution in [2.45, 2.75) is 219 Å². The van der Waals surface area contributed by atoms with Gasteiger partial charge in [0.05, 0.1) is 26.2 Å². The van der Waals surface area contributed by atoms with E-state index >= 15 is 0 Å². The van der Waals surface area contributed by atoms with Crippen LogP contribution in [0.25, 0.3) is 0 Å². The van der Waals surface area contributed by atoms with Gasteiger partial charge in [0.2, 0.25) is 11.8 Å². The molecule has 1 rings (SSSR count). The minimum Gasteiger partial charge on any atom is -0.480 e. The highest BCUT2D eigenvalue weighted by Gasteiger charge is 2.21. The molecule has 14 nitrogen and oxygen atoms in total. The molecule has 1 aliphatic rings. The van der Waals surface area contributed by atoms with E-state index in [1.807, 2.05) is 14.7 Å². The van der Waals surface area contributed by atoms with E-state index < -0.39 is 11.9 Å². The number of aliphatic carboxylic acids is 2. The molecular weight excluding hydrogens is 861 g/mol. The quantitative estimate of drug-likeness (QED) is 0.0392. The molecule has 0 saturated carbocycles. The predicted molar refractivity (Wildman–Crippen MR) is 277 cm³/mol. The lowest BCUT2D eigenvalue weighted by atomic mass is 10.0. The summed E-state index contributed by atoms with van der Waals surface area (Å²) in [5.41, 5.74) is 0. The Morgan fingerprint density at radius 2 is 0.721 bits per heavy atom. The molecule has 0 aliphatic carbocycles. The van der Waals surface area contributed by atoms with Crippen LogP contribution in [0.5, 0.6) is 0 Å². The zero-order valence-electron chi connectivity index (χ0n) is 43.9. The lowest BCUT2D eigenvalue weighted by Gasteiger charge is -2.33. The zero-order chi connectivity index (χ0) is 49.6. The summed E-state index contributed by atoms with van der Waals surface area (Å²) in [6.45, 7) is 9.04. The molecule has 0 unspecified atom stereocenters. The molecule has 0 aromatic carbocycles. The van der Waals surface area contributed by atoms with Crippen molar-refractivity contribution in [2.75, 3.05) is 98.4 Å². The summed E-state index contributed by atoms with van der Waals surface area (Å²) in [6, 6.07) is 0. The Hall–Kier alpha value is -2.81. The first-order chi connectivity index (χ1) is 33.2. The Labute approximate surface area is 415 Å². The summed E-state index contributed by atoms with van der Waals surface area (Å²) in [5.74, 6) is -2.28. The molecule has 3 N–H and O–H groups in total. The van der Waals surface area contributed by atoms with Gasteiger partial charge in [0.1, 0.15) is 6.73 Å². The van der Waals surface area contributed by atoms with Gasteiger partial charge < -0.3 is 25.2 Å². The van der Waals surface area contributed by atoms with Gasteiger partial charge in [-0.15, -0.1) is 0 Å². The number of nitrogens with one attached hydrogen (secondary N) is 1. The fourth-order valence-corrected chi connectivity index (χ4v) is 9.31. The van der Waals surface area contributed by atoms with E-state index in [1.165, 1.54) is 180 Å². The summed E-state index contributed by atoms with van der Waals surface area (Å²) in [4.78, 5) is 70.7. The second kappa shape index (κ2) is 46.6. The highest BCUT2D eigenvalue weighted by molar-refractivity contribution is 5.85. The lowest BCUT2D eigenvalue weighted by Crippen LogP contribution is -2.50. The number of hydrogen-bond donors (Lipinski definition) is 3. The van der Waals surface area contributed by atoms with Gasteiger partial charge >= 0.3 is 11.9 Å². The van der Waals surface area contributed by atoms with Crippen molar-refractivity contribution in [2.24, 2.45) is 0 Å². The average molecular weight is 965 g/mol. The number of carbonyl (C=O) groups is 5. The van der Waals surface area contributed by atoms with Crippen LogP contribution >= 0.6 is 0 Å². The van der Waals surface area contributed by atoms with Crippen molar-refractivity contribution < 1.29 is 38.9 Å². The first-order valence-corrected chi connectivity index (χ1v) is 28.1. The Bertz CT molecular complexity index is 1190. The second-order valence-electron chi connectivity index (χ2n) is 19.9. The minimum absolute atomic E-state index is 0.0265. The predicted octanol–water partition coefficient (Wildman–Crippen LogP) is 9.98. The maximum Gasteiger partial charge on any atom is 0.317 e. The van der Waals surface area contributed by atoms with Crippen molar-refractivity contribution >= 4 is 30.2 Å². The minimum atomic E-state index is -0.981. The van der Waals surface area contributed by atoms with Crippen LogP contribution in [0.3, 0.4) is 0 Å². The van der Waals surface area contributed by atoms with Crippen LogP contribution in [-0.2, 0) is 28.7 Å². The third kappa shape index (κ3) is 40.0. The van der Waals surface area contributed by atoms with Crippen molar-refractivity contribution in [3.8, 4) is 0 Å². The van der Waals surface area contributed by atoms with Crippen molar-refractivity contribution in [3.05, 3.63) is 0 Å². The molecular formula is C54H104N6O8. The van der Waals surface area contributed by atoms with E-state index in [2.05, 4.69) is 19.2 Å². The van der Waals surface area contributed by atoms with Crippen LogP contribution in [0.2, 0.25) is 0 Å². The molecule has 2 amide bonds. The third-order valence-corrected chi connectivity index (χ3v) is 13.7. The number of ether oxygens (including phenoxy) is 1. The summed E-state index contributed by atoms with van der Waals surface area (Å²) in [6.07, 6.45) is 41.7. The molecule has 0 bridgehead atoms. The van der Waals surface area contributed by atoms with Gasteiger partial charge in [-0.3, -0.25) is 43.6 Å². The molecule has 398 valence electrons. The van der Waals surface area contributed by atoms with Gasteiger partial charge in [-0.25, -0.2) is 0 Å². The molecule has 0 aromatic heterocycles. The maximum absolute atomic E-state index is 13.7. The summed E-state index contributed by atoms with van der Waals surface area (Å²) in [5, 5.41) is 21.9. The number of amides is 2. The van der Waals surface area contributed by atoms with Gasteiger partial charge in [-0.1, -0.05) is 206 Å². The molecule has 0 atom stereocenters. The molecule has 0 radical (unpaired) electrons. The number of carboxylic acid groups (broad SMARTS) is 2. The van der Waals surface area contributed by atoms with Gasteiger partial charge in [0.15, 0.2) is 0 Å². The van der Waals surface area contributed by atoms with Crippen LogP contribution < -0.4 is 5.32 Å². The van der Waals surface area contributed by atoms with Gasteiger partial charge in [-0.2, -0.15) is 0 Å². The monoisotopic (exact) mass is 965 g/mol. The van der Waals surface area contributed by atoms with E-state index in [-0.39, 0.29) is 44.7 Å². The molecule has 1 heterocycles. The number of unbranched alkanes of at least 4 members (excludes halogenated alkanes) is 30. The summed E-state index contributed by atoms with van der Waals surface area (Å²) in [7, 11) is 0. The maximum atomic E-state index is 13.7. The first kappa shape index (κ1) is 63.2. The number of nitrogens with zero attached hydrogens (tertiary/aromatic N) is 5. The third-order valence-electron chi connectivity index (χ3n) is 13.7. The Kier molecular flexibility index (Phi) is 43.3. The molecule has 0 aromatic rings. The van der Waals surface area contributed by atoms with Gasteiger partial charge in [0.25, 0.3) is 6.47 Å². The summed E-state index contributed by atoms with van der Waals surface area (Å²) >= 11 is 0. The largest absolute Gasteiger partial charge is 0.480 e. The fraction of sp³-hybridized carbons (Fsp3) is 0.907. The highest BCUT2D eigenvalue weighted by atomic mass is 16.5. The van der Waals surface area contributed by atoms with E-state index in [1.54, 1.807) is 9.80 Å². The lowest BCUT2D eigenvalue weighted by molar-refractivity contribution is -0.140. The molecule has 0 spiro atoms. The van der Waals surface area contributed by atoms with Gasteiger partial charge in [0, 0.05) is 65.4 Å². The van der Waals surface area contributed by atoms with E-state index in [9.17, 15) is 34.2 Å². The van der Waals surface area contributed by atoms with Crippen molar-refractivity contribution in [1.82, 2.24) is 29.8 Å². The molecule has 1 aliphatic heterocycles. The number of carboxylic acids is 2. The SMILES string of the molecule is CCCCCCCCCCCCCCCCCCN(CCCCCCCCCCCCCCCCCC)C(=O)CNC(=O)CN1CCN(COC=O)CCN(CC(=O)O)CCN(CC(=O)O)CC1. The normalized spacial score (nSPS) is 14.9. The number of carbonyl (C=O) groups excluding carboxylic acids is 3. The van der Waals surface area contributed by atoms with Crippen molar-refractivity contribution in [3.63, 3.8) is 0 Å². The molecule has 1 saturated heterocycles. The Balaban J connectivity index is 2.65. The van der Waals surface area contributed by atoms with Crippen LogP contribution in [0.15, 0.2) is 0 Å². The van der Waals surface area contributed by atoms with Crippen LogP contribution in [0, 0.1) is 0 Å². The summed E-state index contributed by atoms with van der Waals surface area (Å²) < 4.78 is 5.05. The number of rotatable bonds is 45. The van der Waals surface area contributed by atoms with E-state index in [0.717, 1.165) is 25.7 Å².